The summed E-state index contributed by atoms with van der Waals surface area (Å²) in [5.41, 5.74) is 5.89. The molecular weight excluding hydrogens is 259 g/mol. The van der Waals surface area contributed by atoms with E-state index in [-0.39, 0.29) is 17.6 Å². The highest BCUT2D eigenvalue weighted by Crippen LogP contribution is 2.12. The molecule has 0 aromatic heterocycles. The fraction of sp³-hybridized carbons (Fsp3) is 0.533. The molecule has 2 N–H and O–H groups in total. The first kappa shape index (κ1) is 16.4. The summed E-state index contributed by atoms with van der Waals surface area (Å²) in [5.74, 6) is 0.166. The molecular formula is C15H23FN2O2. The second-order valence-electron chi connectivity index (χ2n) is 4.98. The van der Waals surface area contributed by atoms with Crippen LogP contribution in [0.25, 0.3) is 0 Å². The number of nitrogens with two attached hydrogens (primary N) is 1. The minimum absolute atomic E-state index is 0.0952. The number of amides is 1. The monoisotopic (exact) mass is 282 g/mol. The predicted molar refractivity (Wildman–Crippen MR) is 77.0 cm³/mol. The Balaban J connectivity index is 2.39. The average Bonchev–Trinajstić information content (AvgIpc) is 2.44. The summed E-state index contributed by atoms with van der Waals surface area (Å²) in [6, 6.07) is 5.44. The number of benzene rings is 1. The van der Waals surface area contributed by atoms with Crippen molar-refractivity contribution in [2.45, 2.75) is 26.3 Å². The zero-order valence-electron chi connectivity index (χ0n) is 12.3. The van der Waals surface area contributed by atoms with Gasteiger partial charge in [-0.3, -0.25) is 4.79 Å². The zero-order valence-corrected chi connectivity index (χ0v) is 12.3. The number of halogens is 1. The minimum Gasteiger partial charge on any atom is -0.492 e. The molecule has 2 atom stereocenters. The predicted octanol–water partition coefficient (Wildman–Crippen LogP) is 2.04. The van der Waals surface area contributed by atoms with Gasteiger partial charge < -0.3 is 15.4 Å². The number of likely N-dealkylation sites (N-methyl/N-ethyl adjacent to an activating group) is 1. The topological polar surface area (TPSA) is 55.6 Å². The molecule has 1 amide bonds. The summed E-state index contributed by atoms with van der Waals surface area (Å²) < 4.78 is 18.4. The number of nitrogens with zero attached hydrogens (tertiary/aromatic N) is 1. The Bertz CT molecular complexity index is 440. The van der Waals surface area contributed by atoms with Crippen molar-refractivity contribution in [2.24, 2.45) is 11.7 Å². The van der Waals surface area contributed by atoms with E-state index >= 15 is 0 Å². The molecule has 0 saturated carbocycles. The number of rotatable bonds is 7. The Labute approximate surface area is 119 Å². The zero-order chi connectivity index (χ0) is 15.1. The van der Waals surface area contributed by atoms with E-state index in [2.05, 4.69) is 0 Å². The third-order valence-electron chi connectivity index (χ3n) is 3.41. The molecule has 1 aromatic rings. The number of ether oxygens (including phenoxy) is 1. The first-order valence-corrected chi connectivity index (χ1v) is 6.84. The van der Waals surface area contributed by atoms with Crippen molar-refractivity contribution in [1.82, 2.24) is 4.90 Å². The maximum absolute atomic E-state index is 13.0. The lowest BCUT2D eigenvalue weighted by atomic mass is 9.99. The lowest BCUT2D eigenvalue weighted by Crippen LogP contribution is -2.46. The van der Waals surface area contributed by atoms with E-state index in [1.807, 2.05) is 13.8 Å². The molecule has 0 saturated heterocycles. The summed E-state index contributed by atoms with van der Waals surface area (Å²) in [4.78, 5) is 13.6. The standard InChI is InChI=1S/C15H23FN2O2/c1-4-11(2)14(17)15(19)18(3)8-9-20-13-7-5-6-12(16)10-13/h5-7,10-11,14H,4,8-9,17H2,1-3H3/t11-,14-/m0/s1. The van der Waals surface area contributed by atoms with Gasteiger partial charge in [0.2, 0.25) is 5.91 Å². The van der Waals surface area contributed by atoms with Gasteiger partial charge in [-0.2, -0.15) is 0 Å². The van der Waals surface area contributed by atoms with Gasteiger partial charge in [0.1, 0.15) is 18.2 Å². The van der Waals surface area contributed by atoms with Crippen LogP contribution in [0.5, 0.6) is 5.75 Å². The van der Waals surface area contributed by atoms with E-state index < -0.39 is 6.04 Å². The quantitative estimate of drug-likeness (QED) is 0.832. The fourth-order valence-corrected chi connectivity index (χ4v) is 1.72. The summed E-state index contributed by atoms with van der Waals surface area (Å²) in [6.07, 6.45) is 0.862. The van der Waals surface area contributed by atoms with E-state index in [1.165, 1.54) is 12.1 Å². The van der Waals surface area contributed by atoms with Crippen LogP contribution in [-0.4, -0.2) is 37.0 Å². The number of hydrogen-bond donors (Lipinski definition) is 1. The highest BCUT2D eigenvalue weighted by Gasteiger charge is 2.22. The van der Waals surface area contributed by atoms with Crippen LogP contribution < -0.4 is 10.5 Å². The maximum Gasteiger partial charge on any atom is 0.239 e. The normalized spacial score (nSPS) is 13.7. The Hall–Kier alpha value is -1.62. The van der Waals surface area contributed by atoms with Gasteiger partial charge in [0.05, 0.1) is 12.6 Å². The Morgan fingerprint density at radius 1 is 1.50 bits per heavy atom. The van der Waals surface area contributed by atoms with Crippen molar-refractivity contribution in [3.63, 3.8) is 0 Å². The molecule has 0 bridgehead atoms. The molecule has 0 heterocycles. The largest absolute Gasteiger partial charge is 0.492 e. The van der Waals surface area contributed by atoms with Crippen molar-refractivity contribution in [2.75, 3.05) is 20.2 Å². The van der Waals surface area contributed by atoms with E-state index in [0.717, 1.165) is 6.42 Å². The van der Waals surface area contributed by atoms with Gasteiger partial charge in [0, 0.05) is 13.1 Å². The molecule has 0 unspecified atom stereocenters. The summed E-state index contributed by atoms with van der Waals surface area (Å²) in [5, 5.41) is 0. The molecule has 1 aromatic carbocycles. The molecule has 5 heteroatoms. The van der Waals surface area contributed by atoms with Gasteiger partial charge in [-0.05, 0) is 18.1 Å². The molecule has 0 aliphatic carbocycles. The van der Waals surface area contributed by atoms with Crippen LogP contribution in [0.4, 0.5) is 4.39 Å². The van der Waals surface area contributed by atoms with Gasteiger partial charge in [-0.15, -0.1) is 0 Å². The highest BCUT2D eigenvalue weighted by molar-refractivity contribution is 5.81. The smallest absolute Gasteiger partial charge is 0.239 e. The van der Waals surface area contributed by atoms with Crippen LogP contribution in [-0.2, 0) is 4.79 Å². The highest BCUT2D eigenvalue weighted by atomic mass is 19.1. The third kappa shape index (κ3) is 4.81. The molecule has 0 spiro atoms. The van der Waals surface area contributed by atoms with Crippen LogP contribution in [0.1, 0.15) is 20.3 Å². The van der Waals surface area contributed by atoms with Crippen molar-refractivity contribution in [3.8, 4) is 5.75 Å². The first-order valence-electron chi connectivity index (χ1n) is 6.84. The average molecular weight is 282 g/mol. The lowest BCUT2D eigenvalue weighted by Gasteiger charge is -2.24. The van der Waals surface area contributed by atoms with E-state index in [0.29, 0.717) is 18.9 Å². The Morgan fingerprint density at radius 3 is 2.80 bits per heavy atom. The molecule has 20 heavy (non-hydrogen) atoms. The van der Waals surface area contributed by atoms with Gasteiger partial charge in [-0.1, -0.05) is 26.3 Å². The van der Waals surface area contributed by atoms with Crippen LogP contribution >= 0.6 is 0 Å². The van der Waals surface area contributed by atoms with Crippen LogP contribution in [0.15, 0.2) is 24.3 Å². The summed E-state index contributed by atoms with van der Waals surface area (Å²) in [7, 11) is 1.69. The third-order valence-corrected chi connectivity index (χ3v) is 3.41. The van der Waals surface area contributed by atoms with Gasteiger partial charge in [0.15, 0.2) is 0 Å². The minimum atomic E-state index is -0.487. The second kappa shape index (κ2) is 7.85. The molecule has 0 radical (unpaired) electrons. The van der Waals surface area contributed by atoms with Crippen molar-refractivity contribution in [3.05, 3.63) is 30.1 Å². The fourth-order valence-electron chi connectivity index (χ4n) is 1.72. The molecule has 1 rings (SSSR count). The van der Waals surface area contributed by atoms with Gasteiger partial charge >= 0.3 is 0 Å². The van der Waals surface area contributed by atoms with Crippen molar-refractivity contribution in [1.29, 1.82) is 0 Å². The van der Waals surface area contributed by atoms with Gasteiger partial charge in [0.25, 0.3) is 0 Å². The number of carbonyl (C=O) groups is 1. The van der Waals surface area contributed by atoms with Gasteiger partial charge in [-0.25, -0.2) is 4.39 Å². The molecule has 0 aliphatic heterocycles. The van der Waals surface area contributed by atoms with E-state index in [9.17, 15) is 9.18 Å². The van der Waals surface area contributed by atoms with Crippen LogP contribution in [0.2, 0.25) is 0 Å². The van der Waals surface area contributed by atoms with E-state index in [4.69, 9.17) is 10.5 Å². The van der Waals surface area contributed by atoms with Crippen LogP contribution in [0.3, 0.4) is 0 Å². The Morgan fingerprint density at radius 2 is 2.20 bits per heavy atom. The second-order valence-corrected chi connectivity index (χ2v) is 4.98. The SMILES string of the molecule is CC[C@H](C)[C@H](N)C(=O)N(C)CCOc1cccc(F)c1. The van der Waals surface area contributed by atoms with Crippen LogP contribution in [0, 0.1) is 11.7 Å². The maximum atomic E-state index is 13.0. The summed E-state index contributed by atoms with van der Waals surface area (Å²) in [6.45, 7) is 4.68. The Kier molecular flexibility index (Phi) is 6.45. The molecule has 0 aliphatic rings. The summed E-state index contributed by atoms with van der Waals surface area (Å²) >= 11 is 0. The van der Waals surface area contributed by atoms with Crippen molar-refractivity contribution < 1.29 is 13.9 Å². The van der Waals surface area contributed by atoms with Crippen molar-refractivity contribution >= 4 is 5.91 Å². The lowest BCUT2D eigenvalue weighted by molar-refractivity contribution is -0.132. The van der Waals surface area contributed by atoms with E-state index in [1.54, 1.807) is 24.1 Å². The molecule has 4 nitrogen and oxygen atoms in total. The molecule has 0 fully saturated rings. The number of hydrogen-bond acceptors (Lipinski definition) is 3. The first-order chi connectivity index (χ1) is 9.45. The molecule has 112 valence electrons. The number of carbonyl (C=O) groups excluding carboxylic acids is 1.